The Kier molecular flexibility index (Phi) is 29.5. The highest BCUT2D eigenvalue weighted by molar-refractivity contribution is 7.99. The summed E-state index contributed by atoms with van der Waals surface area (Å²) in [6.07, 6.45) is 35.9. The number of nitrogens with one attached hydrogen (secondary N) is 2. The van der Waals surface area contributed by atoms with E-state index in [1.54, 1.807) is 13.3 Å². The summed E-state index contributed by atoms with van der Waals surface area (Å²) in [6, 6.07) is 0.308. The van der Waals surface area contributed by atoms with Gasteiger partial charge in [-0.2, -0.15) is 3.89 Å². The van der Waals surface area contributed by atoms with Gasteiger partial charge in [0.1, 0.15) is 0 Å². The van der Waals surface area contributed by atoms with Gasteiger partial charge in [-0.3, -0.25) is 4.99 Å². The minimum atomic E-state index is 0.246. The zero-order valence-corrected chi connectivity index (χ0v) is 29.5. The first kappa shape index (κ1) is 42.7. The molecule has 5 heteroatoms. The highest BCUT2D eigenvalue weighted by Crippen LogP contribution is 2.27. The quantitative estimate of drug-likeness (QED) is 0.0565. The van der Waals surface area contributed by atoms with Crippen molar-refractivity contribution in [3.05, 3.63) is 81.9 Å². The molecule has 0 heterocycles. The normalized spacial score (nSPS) is 16.7. The van der Waals surface area contributed by atoms with Gasteiger partial charge >= 0.3 is 0 Å². The Morgan fingerprint density at radius 3 is 2.35 bits per heavy atom. The van der Waals surface area contributed by atoms with Crippen molar-refractivity contribution < 1.29 is 3.89 Å². The molecule has 0 spiro atoms. The van der Waals surface area contributed by atoms with Gasteiger partial charge in [-0.15, -0.1) is 19.4 Å². The van der Waals surface area contributed by atoms with Crippen LogP contribution in [0.5, 0.6) is 0 Å². The number of hydrogen-bond acceptors (Lipinski definition) is 4. The van der Waals surface area contributed by atoms with Gasteiger partial charge in [0.25, 0.3) is 0 Å². The van der Waals surface area contributed by atoms with Crippen LogP contribution < -0.4 is 10.6 Å². The highest BCUT2D eigenvalue weighted by atomic mass is 32.2. The Morgan fingerprint density at radius 2 is 1.81 bits per heavy atom. The third kappa shape index (κ3) is 21.9. The van der Waals surface area contributed by atoms with E-state index in [4.69, 9.17) is 0 Å². The van der Waals surface area contributed by atoms with E-state index in [0.29, 0.717) is 10.9 Å². The predicted molar refractivity (Wildman–Crippen MR) is 197 cm³/mol. The minimum absolute atomic E-state index is 0.246. The number of halogens is 1. The third-order valence-electron chi connectivity index (χ3n) is 7.48. The number of aliphatic imine (C=N–C) groups is 1. The molecule has 1 rings (SSSR count). The molecule has 1 fully saturated rings. The number of hydrogen-bond donors (Lipinski definition) is 2. The van der Waals surface area contributed by atoms with Gasteiger partial charge in [0.2, 0.25) is 0 Å². The summed E-state index contributed by atoms with van der Waals surface area (Å²) in [6.45, 7) is 18.2. The molecular formula is C38H62FN3S. The van der Waals surface area contributed by atoms with Crippen LogP contribution in [0.15, 0.2) is 86.9 Å². The van der Waals surface area contributed by atoms with Crippen molar-refractivity contribution >= 4 is 18.4 Å². The lowest BCUT2D eigenvalue weighted by Crippen LogP contribution is -2.27. The van der Waals surface area contributed by atoms with Crippen LogP contribution in [0.25, 0.3) is 0 Å². The molecule has 2 N–H and O–H groups in total. The summed E-state index contributed by atoms with van der Waals surface area (Å²) in [5.41, 5.74) is 5.96. The number of terminal acetylenes is 1. The second kappa shape index (κ2) is 29.7. The monoisotopic (exact) mass is 611 g/mol. The Labute approximate surface area is 270 Å². The van der Waals surface area contributed by atoms with E-state index in [9.17, 15) is 3.89 Å². The summed E-state index contributed by atoms with van der Waals surface area (Å²) >= 11 is 0.246. The van der Waals surface area contributed by atoms with Gasteiger partial charge in [-0.1, -0.05) is 87.1 Å². The van der Waals surface area contributed by atoms with E-state index in [-0.39, 0.29) is 12.1 Å². The van der Waals surface area contributed by atoms with Crippen LogP contribution in [0.3, 0.4) is 0 Å². The van der Waals surface area contributed by atoms with Gasteiger partial charge in [-0.05, 0) is 102 Å². The number of likely N-dealkylation sites (N-methyl/N-ethyl adjacent to an activating group) is 1. The van der Waals surface area contributed by atoms with E-state index in [2.05, 4.69) is 105 Å². The van der Waals surface area contributed by atoms with Crippen molar-refractivity contribution in [2.75, 3.05) is 27.2 Å². The van der Waals surface area contributed by atoms with Crippen molar-refractivity contribution in [3.8, 4) is 12.8 Å². The maximum absolute atomic E-state index is 13.4. The summed E-state index contributed by atoms with van der Waals surface area (Å²) in [5.74, 6) is 0.983. The molecule has 0 amide bonds. The van der Waals surface area contributed by atoms with Crippen molar-refractivity contribution in [1.82, 2.24) is 10.6 Å². The van der Waals surface area contributed by atoms with Crippen LogP contribution in [-0.2, 0) is 0 Å². The molecule has 1 saturated carbocycles. The molecule has 0 aromatic heterocycles. The molecule has 242 valence electrons. The standard InChI is InChI=1S/C27H44FN3S.C9H16.C2H2/c1-9-14-21(3)24(6)26(17-22(4)27(32-28)20-30-8)18-23(5)31-16-13-11-12-15-25(10-2)19-29-7;1-2-6-9-7-4-3-5-8-9;1-2/h9,11-12,14-15,17,20,23,29,31H,10,13,16,18-19H2,1-8H3;2,9H,1,3-8H2;1-2H/b12-11-,14-9-,24-21+,25-15+,26-17+,27-22-,30-20?;;. The van der Waals surface area contributed by atoms with Crippen molar-refractivity contribution in [2.45, 2.75) is 105 Å². The molecule has 3 nitrogen and oxygen atoms in total. The van der Waals surface area contributed by atoms with E-state index in [1.165, 1.54) is 60.8 Å². The Bertz CT molecular complexity index is 972. The number of rotatable bonds is 17. The van der Waals surface area contributed by atoms with E-state index in [0.717, 1.165) is 43.8 Å². The second-order valence-electron chi connectivity index (χ2n) is 11.0. The highest BCUT2D eigenvalue weighted by Gasteiger charge is 2.11. The first-order valence-electron chi connectivity index (χ1n) is 15.9. The largest absolute Gasteiger partial charge is 0.316 e. The molecule has 1 aliphatic carbocycles. The van der Waals surface area contributed by atoms with Gasteiger partial charge in [0.05, 0.1) is 17.1 Å². The van der Waals surface area contributed by atoms with E-state index >= 15 is 0 Å². The fourth-order valence-corrected chi connectivity index (χ4v) is 5.21. The molecule has 0 aromatic carbocycles. The lowest BCUT2D eigenvalue weighted by molar-refractivity contribution is 0.361. The first-order valence-corrected chi connectivity index (χ1v) is 16.6. The average molecular weight is 612 g/mol. The molecule has 0 bridgehead atoms. The average Bonchev–Trinajstić information content (AvgIpc) is 3.02. The van der Waals surface area contributed by atoms with Gasteiger partial charge < -0.3 is 10.6 Å². The van der Waals surface area contributed by atoms with E-state index in [1.807, 2.05) is 20.9 Å². The zero-order valence-electron chi connectivity index (χ0n) is 28.6. The fraction of sp³-hybridized carbons (Fsp3) is 0.553. The number of allylic oxidation sites excluding steroid dienone is 10. The predicted octanol–water partition coefficient (Wildman–Crippen LogP) is 10.7. The molecule has 43 heavy (non-hydrogen) atoms. The van der Waals surface area contributed by atoms with Gasteiger partial charge in [0.15, 0.2) is 0 Å². The summed E-state index contributed by atoms with van der Waals surface area (Å²) in [7, 11) is 3.64. The maximum Gasteiger partial charge on any atom is 0.0831 e. The maximum atomic E-state index is 13.4. The third-order valence-corrected chi connectivity index (χ3v) is 8.07. The van der Waals surface area contributed by atoms with Gasteiger partial charge in [0, 0.05) is 25.8 Å². The summed E-state index contributed by atoms with van der Waals surface area (Å²) in [4.78, 5) is 4.52. The second-order valence-corrected chi connectivity index (χ2v) is 11.6. The van der Waals surface area contributed by atoms with Crippen LogP contribution in [0.1, 0.15) is 99.3 Å². The molecule has 0 aromatic rings. The summed E-state index contributed by atoms with van der Waals surface area (Å²) < 4.78 is 13.4. The molecule has 0 aliphatic heterocycles. The number of nitrogens with zero attached hydrogens (tertiary/aromatic N) is 1. The molecule has 1 aliphatic rings. The van der Waals surface area contributed by atoms with Crippen molar-refractivity contribution in [2.24, 2.45) is 10.9 Å². The van der Waals surface area contributed by atoms with Crippen LogP contribution in [0, 0.1) is 18.8 Å². The summed E-state index contributed by atoms with van der Waals surface area (Å²) in [5, 5.41) is 6.82. The molecular weight excluding hydrogens is 550 g/mol. The van der Waals surface area contributed by atoms with Crippen LogP contribution >= 0.6 is 12.1 Å². The Morgan fingerprint density at radius 1 is 1.14 bits per heavy atom. The minimum Gasteiger partial charge on any atom is -0.316 e. The lowest BCUT2D eigenvalue weighted by atomic mass is 9.87. The topological polar surface area (TPSA) is 36.4 Å². The zero-order chi connectivity index (χ0) is 32.9. The van der Waals surface area contributed by atoms with Crippen molar-refractivity contribution in [3.63, 3.8) is 0 Å². The molecule has 0 radical (unpaired) electrons. The lowest BCUT2D eigenvalue weighted by Gasteiger charge is -2.19. The van der Waals surface area contributed by atoms with E-state index < -0.39 is 0 Å². The van der Waals surface area contributed by atoms with Crippen LogP contribution in [0.2, 0.25) is 0 Å². The van der Waals surface area contributed by atoms with Gasteiger partial charge in [-0.25, -0.2) is 0 Å². The Hall–Kier alpha value is -2.39. The van der Waals surface area contributed by atoms with Crippen LogP contribution in [0.4, 0.5) is 3.89 Å². The Balaban J connectivity index is 0. The SMILES string of the molecule is C#C.C=CCC1CCCCC1.C\C=C/C(C)=C(C)/C(=C/C(C)=C(/C=NC)SF)CC(C)NCC/C=C\C=C(/CC)CNC. The molecule has 1 atom stereocenters. The fourth-order valence-electron chi connectivity index (χ4n) is 4.88. The first-order chi connectivity index (χ1) is 20.8. The molecule has 1 unspecified atom stereocenters. The van der Waals surface area contributed by atoms with Crippen LogP contribution in [-0.4, -0.2) is 39.4 Å². The smallest absolute Gasteiger partial charge is 0.0831 e. The van der Waals surface area contributed by atoms with Crippen molar-refractivity contribution in [1.29, 1.82) is 0 Å². The molecule has 0 saturated heterocycles.